The molecule has 1 aliphatic carbocycles. The average molecular weight is 222 g/mol. The summed E-state index contributed by atoms with van der Waals surface area (Å²) >= 11 is 0. The summed E-state index contributed by atoms with van der Waals surface area (Å²) in [7, 11) is 0. The number of nitrogens with one attached hydrogen (secondary N) is 2. The Hall–Kier alpha value is -0.830. The molecule has 2 atom stereocenters. The molecular weight excluding hydrogens is 200 g/mol. The van der Waals surface area contributed by atoms with E-state index in [0.29, 0.717) is 18.4 Å². The summed E-state index contributed by atoms with van der Waals surface area (Å²) in [5, 5.41) is 6.50. The van der Waals surface area contributed by atoms with E-state index in [9.17, 15) is 4.79 Å². The number of piperidine rings is 1. The molecule has 1 heterocycles. The molecule has 0 bridgehead atoms. The van der Waals surface area contributed by atoms with Gasteiger partial charge in [0.1, 0.15) is 0 Å². The van der Waals surface area contributed by atoms with Crippen LogP contribution in [0.25, 0.3) is 0 Å². The van der Waals surface area contributed by atoms with Gasteiger partial charge in [0.05, 0.1) is 0 Å². The summed E-state index contributed by atoms with van der Waals surface area (Å²) < 4.78 is 0. The Morgan fingerprint density at radius 2 is 2.31 bits per heavy atom. The van der Waals surface area contributed by atoms with Crippen LogP contribution in [0.2, 0.25) is 0 Å². The maximum atomic E-state index is 11.8. The Balaban J connectivity index is 1.68. The Morgan fingerprint density at radius 1 is 1.38 bits per heavy atom. The topological polar surface area (TPSA) is 41.1 Å². The molecule has 1 aliphatic heterocycles. The lowest BCUT2D eigenvalue weighted by atomic mass is 9.95. The predicted octanol–water partition coefficient (Wildman–Crippen LogP) is 1.60. The number of rotatable bonds is 3. The summed E-state index contributed by atoms with van der Waals surface area (Å²) in [5.41, 5.74) is 0. The van der Waals surface area contributed by atoms with Crippen LogP contribution in [0.1, 0.15) is 38.5 Å². The molecule has 0 aromatic heterocycles. The van der Waals surface area contributed by atoms with Crippen LogP contribution < -0.4 is 10.6 Å². The Labute approximate surface area is 97.7 Å². The molecule has 0 saturated carbocycles. The second kappa shape index (κ2) is 6.04. The van der Waals surface area contributed by atoms with Crippen LogP contribution in [-0.4, -0.2) is 25.0 Å². The van der Waals surface area contributed by atoms with Gasteiger partial charge in [0.15, 0.2) is 0 Å². The molecule has 0 radical (unpaired) electrons. The minimum atomic E-state index is 0.244. The summed E-state index contributed by atoms with van der Waals surface area (Å²) in [6.07, 6.45) is 10.7. The number of amides is 1. The summed E-state index contributed by atoms with van der Waals surface area (Å²) in [4.78, 5) is 11.8. The van der Waals surface area contributed by atoms with Gasteiger partial charge >= 0.3 is 0 Å². The molecule has 3 nitrogen and oxygen atoms in total. The largest absolute Gasteiger partial charge is 0.353 e. The van der Waals surface area contributed by atoms with Crippen molar-refractivity contribution < 1.29 is 4.79 Å². The highest BCUT2D eigenvalue weighted by Crippen LogP contribution is 2.15. The molecule has 2 rings (SSSR count). The van der Waals surface area contributed by atoms with Crippen molar-refractivity contribution >= 4 is 5.91 Å². The third-order valence-electron chi connectivity index (χ3n) is 3.51. The van der Waals surface area contributed by atoms with Crippen molar-refractivity contribution in [2.75, 3.05) is 13.1 Å². The van der Waals surface area contributed by atoms with Crippen LogP contribution in [0.3, 0.4) is 0 Å². The molecule has 1 fully saturated rings. The van der Waals surface area contributed by atoms with E-state index < -0.39 is 0 Å². The van der Waals surface area contributed by atoms with E-state index in [0.717, 1.165) is 32.4 Å². The second-order valence-corrected chi connectivity index (χ2v) is 4.97. The lowest BCUT2D eigenvalue weighted by Crippen LogP contribution is -2.38. The van der Waals surface area contributed by atoms with Gasteiger partial charge in [0, 0.05) is 12.5 Å². The third-order valence-corrected chi connectivity index (χ3v) is 3.51. The van der Waals surface area contributed by atoms with Gasteiger partial charge in [-0.2, -0.15) is 0 Å². The fourth-order valence-corrected chi connectivity index (χ4v) is 2.57. The Morgan fingerprint density at radius 3 is 3.00 bits per heavy atom. The average Bonchev–Trinajstić information content (AvgIpc) is 2.31. The first kappa shape index (κ1) is 11.6. The standard InChI is InChI=1S/C13H22N2O/c16-13(9-11-5-4-8-14-10-11)15-12-6-2-1-3-7-12/h1-2,11-12,14H,3-10H2,(H,15,16). The fraction of sp³-hybridized carbons (Fsp3) is 0.769. The smallest absolute Gasteiger partial charge is 0.220 e. The SMILES string of the molecule is O=C(CC1CCCNC1)NC1CC=CCC1. The maximum Gasteiger partial charge on any atom is 0.220 e. The highest BCUT2D eigenvalue weighted by atomic mass is 16.1. The van der Waals surface area contributed by atoms with Gasteiger partial charge in [-0.15, -0.1) is 0 Å². The molecule has 0 aromatic carbocycles. The van der Waals surface area contributed by atoms with E-state index in [2.05, 4.69) is 22.8 Å². The van der Waals surface area contributed by atoms with Gasteiger partial charge in [-0.3, -0.25) is 4.79 Å². The van der Waals surface area contributed by atoms with Crippen LogP contribution >= 0.6 is 0 Å². The van der Waals surface area contributed by atoms with Crippen molar-refractivity contribution in [1.29, 1.82) is 0 Å². The first-order chi connectivity index (χ1) is 7.84. The maximum absolute atomic E-state index is 11.8. The van der Waals surface area contributed by atoms with E-state index in [1.165, 1.54) is 12.8 Å². The van der Waals surface area contributed by atoms with Crippen LogP contribution in [0.4, 0.5) is 0 Å². The van der Waals surface area contributed by atoms with Crippen molar-refractivity contribution in [2.45, 2.75) is 44.6 Å². The zero-order chi connectivity index (χ0) is 11.2. The minimum Gasteiger partial charge on any atom is -0.353 e. The molecule has 3 heteroatoms. The minimum absolute atomic E-state index is 0.244. The first-order valence-electron chi connectivity index (χ1n) is 6.49. The first-order valence-corrected chi connectivity index (χ1v) is 6.49. The molecule has 1 saturated heterocycles. The number of hydrogen-bond donors (Lipinski definition) is 2. The van der Waals surface area contributed by atoms with Gasteiger partial charge in [0.2, 0.25) is 5.91 Å². The lowest BCUT2D eigenvalue weighted by Gasteiger charge is -2.24. The Kier molecular flexibility index (Phi) is 4.40. The third kappa shape index (κ3) is 3.63. The van der Waals surface area contributed by atoms with Crippen molar-refractivity contribution in [3.8, 4) is 0 Å². The van der Waals surface area contributed by atoms with Crippen molar-refractivity contribution in [1.82, 2.24) is 10.6 Å². The molecule has 90 valence electrons. The molecule has 2 N–H and O–H groups in total. The summed E-state index contributed by atoms with van der Waals surface area (Å²) in [5.74, 6) is 0.793. The quantitative estimate of drug-likeness (QED) is 0.712. The summed E-state index contributed by atoms with van der Waals surface area (Å²) in [6.45, 7) is 2.13. The normalized spacial score (nSPS) is 30.0. The van der Waals surface area contributed by atoms with E-state index in [1.54, 1.807) is 0 Å². The van der Waals surface area contributed by atoms with Gasteiger partial charge in [-0.25, -0.2) is 0 Å². The van der Waals surface area contributed by atoms with Crippen molar-refractivity contribution in [3.63, 3.8) is 0 Å². The molecule has 0 spiro atoms. The van der Waals surface area contributed by atoms with Crippen molar-refractivity contribution in [2.24, 2.45) is 5.92 Å². The molecule has 0 aromatic rings. The highest BCUT2D eigenvalue weighted by molar-refractivity contribution is 5.76. The molecule has 1 amide bonds. The van der Waals surface area contributed by atoms with Gasteiger partial charge in [-0.1, -0.05) is 12.2 Å². The monoisotopic (exact) mass is 222 g/mol. The molecule has 2 unspecified atom stereocenters. The van der Waals surface area contributed by atoms with Crippen LogP contribution in [0.5, 0.6) is 0 Å². The van der Waals surface area contributed by atoms with Crippen LogP contribution in [-0.2, 0) is 4.79 Å². The number of allylic oxidation sites excluding steroid dienone is 1. The van der Waals surface area contributed by atoms with Crippen molar-refractivity contribution in [3.05, 3.63) is 12.2 Å². The highest BCUT2D eigenvalue weighted by Gasteiger charge is 2.18. The van der Waals surface area contributed by atoms with E-state index >= 15 is 0 Å². The molecule has 16 heavy (non-hydrogen) atoms. The van der Waals surface area contributed by atoms with Gasteiger partial charge < -0.3 is 10.6 Å². The predicted molar refractivity (Wildman–Crippen MR) is 65.1 cm³/mol. The lowest BCUT2D eigenvalue weighted by molar-refractivity contribution is -0.122. The fourth-order valence-electron chi connectivity index (χ4n) is 2.57. The molecule has 2 aliphatic rings. The van der Waals surface area contributed by atoms with Gasteiger partial charge in [-0.05, 0) is 51.1 Å². The second-order valence-electron chi connectivity index (χ2n) is 4.97. The number of carbonyl (C=O) groups is 1. The summed E-state index contributed by atoms with van der Waals surface area (Å²) in [6, 6.07) is 0.383. The zero-order valence-electron chi connectivity index (χ0n) is 9.87. The van der Waals surface area contributed by atoms with E-state index in [4.69, 9.17) is 0 Å². The van der Waals surface area contributed by atoms with Crippen LogP contribution in [0.15, 0.2) is 12.2 Å². The van der Waals surface area contributed by atoms with E-state index in [-0.39, 0.29) is 5.91 Å². The molecular formula is C13H22N2O. The number of hydrogen-bond acceptors (Lipinski definition) is 2. The number of carbonyl (C=O) groups excluding carboxylic acids is 1. The Bertz CT molecular complexity index is 257. The zero-order valence-corrected chi connectivity index (χ0v) is 9.87. The van der Waals surface area contributed by atoms with Crippen LogP contribution in [0, 0.1) is 5.92 Å². The van der Waals surface area contributed by atoms with Gasteiger partial charge in [0.25, 0.3) is 0 Å². The van der Waals surface area contributed by atoms with E-state index in [1.807, 2.05) is 0 Å².